The molecule has 17 heavy (non-hydrogen) atoms. The molecular formula is C15H19NO. The third kappa shape index (κ3) is 2.42. The molecule has 2 nitrogen and oxygen atoms in total. The Morgan fingerprint density at radius 1 is 1.12 bits per heavy atom. The summed E-state index contributed by atoms with van der Waals surface area (Å²) < 4.78 is 5.78. The van der Waals surface area contributed by atoms with E-state index in [4.69, 9.17) is 10.5 Å². The Bertz CT molecular complexity index is 507. The van der Waals surface area contributed by atoms with Crippen molar-refractivity contribution in [2.75, 3.05) is 12.3 Å². The van der Waals surface area contributed by atoms with Gasteiger partial charge in [0, 0.05) is 17.7 Å². The average Bonchev–Trinajstić information content (AvgIpc) is 2.37. The molecule has 0 amide bonds. The molecular weight excluding hydrogens is 210 g/mol. The number of hydrogen-bond acceptors (Lipinski definition) is 2. The fourth-order valence-corrected chi connectivity index (χ4v) is 2.08. The van der Waals surface area contributed by atoms with Gasteiger partial charge in [-0.2, -0.15) is 0 Å². The van der Waals surface area contributed by atoms with Crippen molar-refractivity contribution in [1.82, 2.24) is 0 Å². The lowest BCUT2D eigenvalue weighted by molar-refractivity contribution is 0.0672. The highest BCUT2D eigenvalue weighted by atomic mass is 16.5. The third-order valence-corrected chi connectivity index (χ3v) is 3.00. The molecule has 0 aliphatic heterocycles. The maximum absolute atomic E-state index is 5.98. The first-order valence-corrected chi connectivity index (χ1v) is 6.12. The molecule has 0 unspecified atom stereocenters. The number of nitrogens with two attached hydrogens (primary N) is 1. The van der Waals surface area contributed by atoms with Gasteiger partial charge in [-0.15, -0.1) is 0 Å². The van der Waals surface area contributed by atoms with E-state index >= 15 is 0 Å². The Balaban J connectivity index is 2.44. The number of rotatable bonds is 4. The first-order valence-electron chi connectivity index (χ1n) is 6.12. The van der Waals surface area contributed by atoms with Crippen LogP contribution in [0.2, 0.25) is 0 Å². The van der Waals surface area contributed by atoms with Gasteiger partial charge in [0.25, 0.3) is 0 Å². The molecule has 0 saturated heterocycles. The van der Waals surface area contributed by atoms with E-state index < -0.39 is 0 Å². The van der Waals surface area contributed by atoms with E-state index in [1.54, 1.807) is 0 Å². The third-order valence-electron chi connectivity index (χ3n) is 3.00. The Labute approximate surface area is 102 Å². The first kappa shape index (κ1) is 11.9. The van der Waals surface area contributed by atoms with Gasteiger partial charge in [0.2, 0.25) is 0 Å². The van der Waals surface area contributed by atoms with Gasteiger partial charge in [0.05, 0.1) is 6.10 Å². The summed E-state index contributed by atoms with van der Waals surface area (Å²) in [6, 6.07) is 12.2. The number of anilines is 1. The zero-order valence-corrected chi connectivity index (χ0v) is 10.4. The molecule has 90 valence electrons. The van der Waals surface area contributed by atoms with Crippen molar-refractivity contribution in [3.63, 3.8) is 0 Å². The molecule has 2 aromatic carbocycles. The van der Waals surface area contributed by atoms with E-state index in [1.807, 2.05) is 18.2 Å². The lowest BCUT2D eigenvalue weighted by atomic mass is 10.00. The van der Waals surface area contributed by atoms with E-state index in [0.717, 1.165) is 24.1 Å². The van der Waals surface area contributed by atoms with Crippen LogP contribution in [-0.4, -0.2) is 6.61 Å². The predicted octanol–water partition coefficient (Wildman–Crippen LogP) is 3.91. The molecule has 2 aromatic rings. The molecule has 0 heterocycles. The van der Waals surface area contributed by atoms with Crippen molar-refractivity contribution in [2.45, 2.75) is 26.4 Å². The van der Waals surface area contributed by atoms with Crippen LogP contribution < -0.4 is 5.73 Å². The van der Waals surface area contributed by atoms with Crippen LogP contribution in [0.5, 0.6) is 0 Å². The van der Waals surface area contributed by atoms with Crippen molar-refractivity contribution in [1.29, 1.82) is 0 Å². The number of benzene rings is 2. The minimum Gasteiger partial charge on any atom is -0.398 e. The maximum atomic E-state index is 5.98. The number of nitrogen functional groups attached to an aromatic ring is 1. The zero-order chi connectivity index (χ0) is 12.3. The summed E-state index contributed by atoms with van der Waals surface area (Å²) in [6.07, 6.45) is 1.15. The summed E-state index contributed by atoms with van der Waals surface area (Å²) in [5.74, 6) is 0. The van der Waals surface area contributed by atoms with Crippen molar-refractivity contribution < 1.29 is 4.74 Å². The molecule has 0 aliphatic rings. The molecule has 0 spiro atoms. The van der Waals surface area contributed by atoms with Gasteiger partial charge in [0.15, 0.2) is 0 Å². The van der Waals surface area contributed by atoms with Gasteiger partial charge < -0.3 is 10.5 Å². The Morgan fingerprint density at radius 3 is 2.53 bits per heavy atom. The molecule has 0 bridgehead atoms. The fourth-order valence-electron chi connectivity index (χ4n) is 2.08. The first-order chi connectivity index (χ1) is 8.24. The lowest BCUT2D eigenvalue weighted by Gasteiger charge is -2.16. The number of hydrogen-bond donors (Lipinski definition) is 1. The van der Waals surface area contributed by atoms with Crippen LogP contribution in [0.15, 0.2) is 36.4 Å². The van der Waals surface area contributed by atoms with Gasteiger partial charge >= 0.3 is 0 Å². The molecule has 0 aromatic heterocycles. The SMILES string of the molecule is CCCO[C@H](C)c1ccc(N)c2ccccc12. The van der Waals surface area contributed by atoms with Gasteiger partial charge in [-0.25, -0.2) is 0 Å². The average molecular weight is 229 g/mol. The maximum Gasteiger partial charge on any atom is 0.0802 e. The summed E-state index contributed by atoms with van der Waals surface area (Å²) in [4.78, 5) is 0. The van der Waals surface area contributed by atoms with E-state index in [9.17, 15) is 0 Å². The second kappa shape index (κ2) is 5.19. The fraction of sp³-hybridized carbons (Fsp3) is 0.333. The second-order valence-electron chi connectivity index (χ2n) is 4.30. The highest BCUT2D eigenvalue weighted by molar-refractivity contribution is 5.95. The lowest BCUT2D eigenvalue weighted by Crippen LogP contribution is -2.02. The Kier molecular flexibility index (Phi) is 3.64. The van der Waals surface area contributed by atoms with Gasteiger partial charge in [0.1, 0.15) is 0 Å². The number of ether oxygens (including phenoxy) is 1. The molecule has 0 saturated carbocycles. The van der Waals surface area contributed by atoms with E-state index in [1.165, 1.54) is 10.9 Å². The van der Waals surface area contributed by atoms with Crippen LogP contribution in [0, 0.1) is 0 Å². The molecule has 2 rings (SSSR count). The van der Waals surface area contributed by atoms with E-state index in [-0.39, 0.29) is 6.10 Å². The summed E-state index contributed by atoms with van der Waals surface area (Å²) in [5.41, 5.74) is 8.02. The largest absolute Gasteiger partial charge is 0.398 e. The minimum atomic E-state index is 0.112. The van der Waals surface area contributed by atoms with Crippen LogP contribution in [0.25, 0.3) is 10.8 Å². The number of fused-ring (bicyclic) bond motifs is 1. The van der Waals surface area contributed by atoms with Gasteiger partial charge in [-0.05, 0) is 30.4 Å². The summed E-state index contributed by atoms with van der Waals surface area (Å²) in [7, 11) is 0. The van der Waals surface area contributed by atoms with Gasteiger partial charge in [-0.3, -0.25) is 0 Å². The molecule has 2 heteroatoms. The van der Waals surface area contributed by atoms with Crippen LogP contribution in [0.1, 0.15) is 31.9 Å². The minimum absolute atomic E-state index is 0.112. The van der Waals surface area contributed by atoms with Crippen LogP contribution in [0.3, 0.4) is 0 Å². The standard InChI is InChI=1S/C15H19NO/c1-3-10-17-11(2)12-8-9-15(16)14-7-5-4-6-13(12)14/h4-9,11H,3,10,16H2,1-2H3/t11-/m1/s1. The molecule has 1 atom stereocenters. The zero-order valence-electron chi connectivity index (χ0n) is 10.4. The smallest absolute Gasteiger partial charge is 0.0802 e. The summed E-state index contributed by atoms with van der Waals surface area (Å²) >= 11 is 0. The predicted molar refractivity (Wildman–Crippen MR) is 73.0 cm³/mol. The van der Waals surface area contributed by atoms with E-state index in [2.05, 4.69) is 32.0 Å². The summed E-state index contributed by atoms with van der Waals surface area (Å²) in [6.45, 7) is 5.00. The van der Waals surface area contributed by atoms with Gasteiger partial charge in [-0.1, -0.05) is 37.3 Å². The molecule has 2 N–H and O–H groups in total. The van der Waals surface area contributed by atoms with Crippen LogP contribution >= 0.6 is 0 Å². The molecule has 0 radical (unpaired) electrons. The van der Waals surface area contributed by atoms with Crippen LogP contribution in [0.4, 0.5) is 5.69 Å². The highest BCUT2D eigenvalue weighted by Crippen LogP contribution is 2.29. The monoisotopic (exact) mass is 229 g/mol. The Hall–Kier alpha value is -1.54. The van der Waals surface area contributed by atoms with E-state index in [0.29, 0.717) is 0 Å². The van der Waals surface area contributed by atoms with Crippen molar-refractivity contribution in [2.24, 2.45) is 0 Å². The van der Waals surface area contributed by atoms with Crippen molar-refractivity contribution in [3.05, 3.63) is 42.0 Å². The normalized spacial score (nSPS) is 12.8. The van der Waals surface area contributed by atoms with Crippen molar-refractivity contribution in [3.8, 4) is 0 Å². The Morgan fingerprint density at radius 2 is 1.82 bits per heavy atom. The van der Waals surface area contributed by atoms with Crippen LogP contribution in [-0.2, 0) is 4.74 Å². The topological polar surface area (TPSA) is 35.2 Å². The quantitative estimate of drug-likeness (QED) is 0.807. The second-order valence-corrected chi connectivity index (χ2v) is 4.30. The highest BCUT2D eigenvalue weighted by Gasteiger charge is 2.10. The molecule has 0 fully saturated rings. The summed E-state index contributed by atoms with van der Waals surface area (Å²) in [5, 5.41) is 2.30. The molecule has 0 aliphatic carbocycles. The van der Waals surface area contributed by atoms with Crippen molar-refractivity contribution >= 4 is 16.5 Å².